The molecule has 126 valence electrons. The maximum absolute atomic E-state index is 12.2. The van der Waals surface area contributed by atoms with Crippen molar-refractivity contribution in [3.63, 3.8) is 0 Å². The summed E-state index contributed by atoms with van der Waals surface area (Å²) in [5.74, 6) is 1.29. The Hall–Kier alpha value is -2.61. The second-order valence-corrected chi connectivity index (χ2v) is 6.48. The number of anilines is 1. The van der Waals surface area contributed by atoms with Crippen LogP contribution in [0.5, 0.6) is 11.5 Å². The van der Waals surface area contributed by atoms with Crippen molar-refractivity contribution in [3.8, 4) is 11.5 Å². The van der Waals surface area contributed by atoms with Gasteiger partial charge in [0.15, 0.2) is 6.10 Å². The Morgan fingerprint density at radius 1 is 1.25 bits per heavy atom. The van der Waals surface area contributed by atoms with Crippen LogP contribution in [-0.2, 0) is 4.79 Å². The summed E-state index contributed by atoms with van der Waals surface area (Å²) in [6.07, 6.45) is -0.678. The largest absolute Gasteiger partial charge is 0.497 e. The van der Waals surface area contributed by atoms with E-state index in [9.17, 15) is 4.79 Å². The molecule has 24 heavy (non-hydrogen) atoms. The van der Waals surface area contributed by atoms with Crippen molar-refractivity contribution in [1.82, 2.24) is 14.6 Å². The standard InChI is InChI=1S/C16H18N4O3S/c1-9-11(3)24-16-18-15(19-20(9)16)17-14(21)10(2)23-13-7-5-12(22-4)6-8-13/h5-8,10H,1-4H3,(H,17,19,21). The summed E-state index contributed by atoms with van der Waals surface area (Å²) in [7, 11) is 1.60. The van der Waals surface area contributed by atoms with Crippen LogP contribution in [0.2, 0.25) is 0 Å². The van der Waals surface area contributed by atoms with Crippen LogP contribution >= 0.6 is 11.3 Å². The molecule has 1 atom stereocenters. The van der Waals surface area contributed by atoms with Crippen LogP contribution in [0.4, 0.5) is 5.95 Å². The van der Waals surface area contributed by atoms with Crippen molar-refractivity contribution in [1.29, 1.82) is 0 Å². The van der Waals surface area contributed by atoms with E-state index >= 15 is 0 Å². The number of rotatable bonds is 5. The van der Waals surface area contributed by atoms with Crippen molar-refractivity contribution in [2.45, 2.75) is 26.9 Å². The van der Waals surface area contributed by atoms with E-state index in [1.807, 2.05) is 13.8 Å². The molecule has 0 spiro atoms. The van der Waals surface area contributed by atoms with E-state index in [1.54, 1.807) is 42.8 Å². The van der Waals surface area contributed by atoms with Crippen molar-refractivity contribution in [2.24, 2.45) is 0 Å². The zero-order chi connectivity index (χ0) is 17.3. The lowest BCUT2D eigenvalue weighted by Crippen LogP contribution is -2.30. The lowest BCUT2D eigenvalue weighted by atomic mass is 10.3. The SMILES string of the molecule is COc1ccc(OC(C)C(=O)Nc2nc3sc(C)c(C)n3n2)cc1. The van der Waals surface area contributed by atoms with Crippen LogP contribution in [0.3, 0.4) is 0 Å². The van der Waals surface area contributed by atoms with E-state index in [-0.39, 0.29) is 11.9 Å². The molecule has 0 saturated heterocycles. The molecule has 2 heterocycles. The van der Waals surface area contributed by atoms with Crippen molar-refractivity contribution in [3.05, 3.63) is 34.8 Å². The maximum Gasteiger partial charge on any atom is 0.267 e. The van der Waals surface area contributed by atoms with Crippen molar-refractivity contribution < 1.29 is 14.3 Å². The predicted molar refractivity (Wildman–Crippen MR) is 92.1 cm³/mol. The summed E-state index contributed by atoms with van der Waals surface area (Å²) in [6, 6.07) is 7.05. The molecular weight excluding hydrogens is 328 g/mol. The van der Waals surface area contributed by atoms with Gasteiger partial charge in [0.05, 0.1) is 12.8 Å². The average Bonchev–Trinajstić information content (AvgIpc) is 3.07. The van der Waals surface area contributed by atoms with E-state index in [2.05, 4.69) is 15.4 Å². The average molecular weight is 346 g/mol. The minimum absolute atomic E-state index is 0.277. The van der Waals surface area contributed by atoms with Crippen LogP contribution in [0, 0.1) is 13.8 Å². The van der Waals surface area contributed by atoms with Gasteiger partial charge in [0.25, 0.3) is 11.9 Å². The van der Waals surface area contributed by atoms with Gasteiger partial charge in [-0.15, -0.1) is 5.10 Å². The van der Waals surface area contributed by atoms with Gasteiger partial charge in [0.2, 0.25) is 4.96 Å². The van der Waals surface area contributed by atoms with Gasteiger partial charge in [0, 0.05) is 4.88 Å². The number of ether oxygens (including phenoxy) is 2. The fourth-order valence-corrected chi connectivity index (χ4v) is 3.02. The second kappa shape index (κ2) is 6.48. The number of benzene rings is 1. The molecule has 1 amide bonds. The molecule has 0 saturated carbocycles. The van der Waals surface area contributed by atoms with E-state index < -0.39 is 6.10 Å². The Morgan fingerprint density at radius 3 is 2.54 bits per heavy atom. The fourth-order valence-electron chi connectivity index (χ4n) is 2.12. The fraction of sp³-hybridized carbons (Fsp3) is 0.312. The Morgan fingerprint density at radius 2 is 1.92 bits per heavy atom. The maximum atomic E-state index is 12.2. The normalized spacial score (nSPS) is 12.2. The second-order valence-electron chi connectivity index (χ2n) is 5.30. The van der Waals surface area contributed by atoms with E-state index in [1.165, 1.54) is 11.3 Å². The first kappa shape index (κ1) is 16.3. The molecule has 0 fully saturated rings. The number of carbonyl (C=O) groups excluding carboxylic acids is 1. The van der Waals surface area contributed by atoms with Gasteiger partial charge >= 0.3 is 0 Å². The molecule has 3 aromatic rings. The first-order chi connectivity index (χ1) is 11.5. The van der Waals surface area contributed by atoms with Gasteiger partial charge < -0.3 is 9.47 Å². The van der Waals surface area contributed by atoms with Gasteiger partial charge in [-0.1, -0.05) is 11.3 Å². The number of amides is 1. The molecule has 1 N–H and O–H groups in total. The highest BCUT2D eigenvalue weighted by Crippen LogP contribution is 2.22. The van der Waals surface area contributed by atoms with E-state index in [4.69, 9.17) is 9.47 Å². The summed E-state index contributed by atoms with van der Waals surface area (Å²) in [5.41, 5.74) is 1.02. The molecule has 2 aromatic heterocycles. The summed E-state index contributed by atoms with van der Waals surface area (Å²) in [6.45, 7) is 5.65. The molecule has 7 nitrogen and oxygen atoms in total. The third-order valence-electron chi connectivity index (χ3n) is 3.63. The highest BCUT2D eigenvalue weighted by Gasteiger charge is 2.18. The number of aromatic nitrogens is 3. The van der Waals surface area contributed by atoms with Crippen LogP contribution in [0.25, 0.3) is 4.96 Å². The van der Waals surface area contributed by atoms with E-state index in [0.29, 0.717) is 5.75 Å². The van der Waals surface area contributed by atoms with E-state index in [0.717, 1.165) is 21.3 Å². The summed E-state index contributed by atoms with van der Waals surface area (Å²) in [5, 5.41) is 6.98. The Bertz CT molecular complexity index is 869. The first-order valence-electron chi connectivity index (χ1n) is 7.42. The van der Waals surface area contributed by atoms with Gasteiger partial charge in [-0.3, -0.25) is 10.1 Å². The molecule has 0 aliphatic heterocycles. The molecule has 3 rings (SSSR count). The Labute approximate surface area is 143 Å². The van der Waals surface area contributed by atoms with Crippen LogP contribution in [0.1, 0.15) is 17.5 Å². The number of fused-ring (bicyclic) bond motifs is 1. The van der Waals surface area contributed by atoms with Crippen molar-refractivity contribution >= 4 is 28.2 Å². The summed E-state index contributed by atoms with van der Waals surface area (Å²) in [4.78, 5) is 18.5. The Balaban J connectivity index is 1.65. The number of nitrogens with one attached hydrogen (secondary N) is 1. The van der Waals surface area contributed by atoms with Gasteiger partial charge in [0.1, 0.15) is 11.5 Å². The lowest BCUT2D eigenvalue weighted by Gasteiger charge is -2.13. The highest BCUT2D eigenvalue weighted by molar-refractivity contribution is 7.17. The first-order valence-corrected chi connectivity index (χ1v) is 8.24. The number of thiazole rings is 1. The van der Waals surface area contributed by atoms with Crippen molar-refractivity contribution in [2.75, 3.05) is 12.4 Å². The molecule has 0 aliphatic rings. The smallest absolute Gasteiger partial charge is 0.267 e. The lowest BCUT2D eigenvalue weighted by molar-refractivity contribution is -0.122. The molecule has 1 unspecified atom stereocenters. The quantitative estimate of drug-likeness (QED) is 0.769. The minimum Gasteiger partial charge on any atom is -0.497 e. The summed E-state index contributed by atoms with van der Waals surface area (Å²) < 4.78 is 12.4. The highest BCUT2D eigenvalue weighted by atomic mass is 32.1. The molecule has 1 aromatic carbocycles. The van der Waals surface area contributed by atoms with Crippen LogP contribution in [0.15, 0.2) is 24.3 Å². The number of hydrogen-bond acceptors (Lipinski definition) is 6. The van der Waals surface area contributed by atoms with Gasteiger partial charge in [-0.05, 0) is 45.0 Å². The van der Waals surface area contributed by atoms with Crippen LogP contribution in [-0.4, -0.2) is 33.7 Å². The molecule has 0 bridgehead atoms. The molecular formula is C16H18N4O3S. The zero-order valence-electron chi connectivity index (χ0n) is 13.9. The summed E-state index contributed by atoms with van der Waals surface area (Å²) >= 11 is 1.54. The Kier molecular flexibility index (Phi) is 4.39. The van der Waals surface area contributed by atoms with Gasteiger partial charge in [-0.2, -0.15) is 4.98 Å². The number of aryl methyl sites for hydroxylation is 2. The third kappa shape index (κ3) is 3.18. The number of carbonyl (C=O) groups is 1. The zero-order valence-corrected chi connectivity index (χ0v) is 14.7. The predicted octanol–water partition coefficient (Wildman–Crippen LogP) is 2.82. The third-order valence-corrected chi connectivity index (χ3v) is 4.67. The number of hydrogen-bond donors (Lipinski definition) is 1. The molecule has 0 aliphatic carbocycles. The monoisotopic (exact) mass is 346 g/mol. The molecule has 8 heteroatoms. The molecule has 0 radical (unpaired) electrons. The number of methoxy groups -OCH3 is 1. The van der Waals surface area contributed by atoms with Crippen LogP contribution < -0.4 is 14.8 Å². The number of nitrogens with zero attached hydrogens (tertiary/aromatic N) is 3. The van der Waals surface area contributed by atoms with Gasteiger partial charge in [-0.25, -0.2) is 4.52 Å². The minimum atomic E-state index is -0.678. The topological polar surface area (TPSA) is 77.8 Å².